The molecule has 1 aliphatic heterocycles. The van der Waals surface area contributed by atoms with Gasteiger partial charge in [0.15, 0.2) is 0 Å². The van der Waals surface area contributed by atoms with Crippen LogP contribution in [0.2, 0.25) is 0 Å². The van der Waals surface area contributed by atoms with Gasteiger partial charge in [0.2, 0.25) is 0 Å². The molecule has 1 aliphatic rings. The van der Waals surface area contributed by atoms with Crippen molar-refractivity contribution in [3.63, 3.8) is 0 Å². The van der Waals surface area contributed by atoms with Gasteiger partial charge in [-0.3, -0.25) is 19.3 Å². The van der Waals surface area contributed by atoms with Crippen LogP contribution >= 0.6 is 27.7 Å². The minimum absolute atomic E-state index is 0.200. The third kappa shape index (κ3) is 3.93. The lowest BCUT2D eigenvalue weighted by Crippen LogP contribution is -2.34. The van der Waals surface area contributed by atoms with Gasteiger partial charge in [-0.2, -0.15) is 0 Å². The average molecular weight is 463 g/mol. The number of hydrogen-bond acceptors (Lipinski definition) is 5. The van der Waals surface area contributed by atoms with Gasteiger partial charge in [0.25, 0.3) is 11.1 Å². The highest BCUT2D eigenvalue weighted by atomic mass is 79.9. The van der Waals surface area contributed by atoms with Gasteiger partial charge < -0.3 is 9.30 Å². The maximum atomic E-state index is 12.6. The Morgan fingerprint density at radius 2 is 1.96 bits per heavy atom. The molecule has 0 unspecified atom stereocenters. The Labute approximate surface area is 175 Å². The van der Waals surface area contributed by atoms with Crippen LogP contribution in [0.1, 0.15) is 23.9 Å². The summed E-state index contributed by atoms with van der Waals surface area (Å²) in [5, 5.41) is -0.469. The van der Waals surface area contributed by atoms with Crippen molar-refractivity contribution in [2.24, 2.45) is 0 Å². The molecule has 3 rings (SSSR count). The maximum absolute atomic E-state index is 12.6. The molecule has 1 fully saturated rings. The van der Waals surface area contributed by atoms with Crippen molar-refractivity contribution in [3.05, 3.63) is 56.7 Å². The molecule has 2 heterocycles. The van der Waals surface area contributed by atoms with Gasteiger partial charge in [0.05, 0.1) is 17.2 Å². The van der Waals surface area contributed by atoms with Crippen molar-refractivity contribution >= 4 is 50.9 Å². The first-order valence-corrected chi connectivity index (χ1v) is 10.3. The van der Waals surface area contributed by atoms with Crippen LogP contribution in [0.4, 0.5) is 4.79 Å². The number of thioether (sulfide) groups is 1. The number of para-hydroxylation sites is 1. The number of esters is 1. The van der Waals surface area contributed by atoms with Crippen LogP contribution in [0.25, 0.3) is 11.8 Å². The van der Waals surface area contributed by atoms with Crippen LogP contribution in [0.15, 0.2) is 39.7 Å². The van der Waals surface area contributed by atoms with Crippen LogP contribution in [0, 0.1) is 13.8 Å². The van der Waals surface area contributed by atoms with E-state index in [0.29, 0.717) is 4.91 Å². The Kier molecular flexibility index (Phi) is 6.10. The van der Waals surface area contributed by atoms with Gasteiger partial charge in [-0.1, -0.05) is 12.1 Å². The first kappa shape index (κ1) is 20.4. The molecule has 2 aromatic rings. The highest BCUT2D eigenvalue weighted by Gasteiger charge is 2.36. The standard InChI is InChI=1S/C20H19BrN2O4S/c1-4-27-18(24)11-22-19(25)17(28-20(22)26)10-14-9-12(2)23(13(14)3)16-8-6-5-7-15(16)21/h5-10H,4,11H2,1-3H3/b17-10+. The number of hydrogen-bond donors (Lipinski definition) is 0. The van der Waals surface area contributed by atoms with E-state index in [4.69, 9.17) is 4.74 Å². The second kappa shape index (κ2) is 8.36. The van der Waals surface area contributed by atoms with Gasteiger partial charge in [-0.15, -0.1) is 0 Å². The molecule has 1 aromatic heterocycles. The smallest absolute Gasteiger partial charge is 0.326 e. The number of carbonyl (C=O) groups excluding carboxylic acids is 3. The Bertz CT molecular complexity index is 996. The predicted octanol–water partition coefficient (Wildman–Crippen LogP) is 4.46. The highest BCUT2D eigenvalue weighted by molar-refractivity contribution is 9.10. The summed E-state index contributed by atoms with van der Waals surface area (Å²) in [7, 11) is 0. The molecule has 146 valence electrons. The molecular formula is C20H19BrN2O4S. The fraction of sp³-hybridized carbons (Fsp3) is 0.250. The van der Waals surface area contributed by atoms with E-state index in [1.54, 1.807) is 13.0 Å². The molecule has 0 saturated carbocycles. The zero-order valence-corrected chi connectivity index (χ0v) is 18.1. The first-order chi connectivity index (χ1) is 13.3. The molecule has 0 aliphatic carbocycles. The second-order valence-corrected chi connectivity index (χ2v) is 8.03. The van der Waals surface area contributed by atoms with E-state index >= 15 is 0 Å². The Morgan fingerprint density at radius 1 is 1.25 bits per heavy atom. The van der Waals surface area contributed by atoms with Crippen molar-refractivity contribution in [2.75, 3.05) is 13.2 Å². The van der Waals surface area contributed by atoms with Crippen molar-refractivity contribution in [1.82, 2.24) is 9.47 Å². The van der Waals surface area contributed by atoms with Crippen molar-refractivity contribution < 1.29 is 19.1 Å². The topological polar surface area (TPSA) is 68.6 Å². The molecule has 0 atom stereocenters. The largest absolute Gasteiger partial charge is 0.465 e. The summed E-state index contributed by atoms with van der Waals surface area (Å²) in [6, 6.07) is 9.84. The molecule has 0 radical (unpaired) electrons. The monoisotopic (exact) mass is 462 g/mol. The fourth-order valence-corrected chi connectivity index (χ4v) is 4.34. The molecule has 0 N–H and O–H groups in total. The predicted molar refractivity (Wildman–Crippen MR) is 112 cm³/mol. The zero-order valence-electron chi connectivity index (χ0n) is 15.7. The number of amides is 2. The minimum atomic E-state index is -0.599. The third-order valence-corrected chi connectivity index (χ3v) is 5.89. The SMILES string of the molecule is CCOC(=O)CN1C(=O)S/C(=C/c2cc(C)n(-c3ccccc3Br)c2C)C1=O. The quantitative estimate of drug-likeness (QED) is 0.484. The Hall–Kier alpha value is -2.32. The third-order valence-electron chi connectivity index (χ3n) is 4.32. The molecular weight excluding hydrogens is 444 g/mol. The van der Waals surface area contributed by atoms with E-state index in [2.05, 4.69) is 20.5 Å². The van der Waals surface area contributed by atoms with Crippen molar-refractivity contribution in [3.8, 4) is 5.69 Å². The van der Waals surface area contributed by atoms with Gasteiger partial charge in [-0.05, 0) is 78.3 Å². The van der Waals surface area contributed by atoms with E-state index in [1.165, 1.54) is 0 Å². The summed E-state index contributed by atoms with van der Waals surface area (Å²) in [6.45, 7) is 5.45. The lowest BCUT2D eigenvalue weighted by molar-refractivity contribution is -0.145. The summed E-state index contributed by atoms with van der Waals surface area (Å²) in [6.07, 6.45) is 1.70. The number of benzene rings is 1. The number of imide groups is 1. The van der Waals surface area contributed by atoms with E-state index in [1.807, 2.05) is 44.2 Å². The van der Waals surface area contributed by atoms with Gasteiger partial charge in [-0.25, -0.2) is 0 Å². The van der Waals surface area contributed by atoms with E-state index < -0.39 is 17.1 Å². The summed E-state index contributed by atoms with van der Waals surface area (Å²) in [4.78, 5) is 37.6. The van der Waals surface area contributed by atoms with Crippen LogP contribution in [-0.2, 0) is 14.3 Å². The zero-order chi connectivity index (χ0) is 20.4. The fourth-order valence-electron chi connectivity index (χ4n) is 3.05. The van der Waals surface area contributed by atoms with Crippen molar-refractivity contribution in [2.45, 2.75) is 20.8 Å². The van der Waals surface area contributed by atoms with Crippen LogP contribution in [-0.4, -0.2) is 39.7 Å². The average Bonchev–Trinajstić information content (AvgIpc) is 3.06. The molecule has 1 aromatic carbocycles. The maximum Gasteiger partial charge on any atom is 0.326 e. The van der Waals surface area contributed by atoms with Crippen LogP contribution in [0.3, 0.4) is 0 Å². The summed E-state index contributed by atoms with van der Waals surface area (Å²) < 4.78 is 7.87. The first-order valence-electron chi connectivity index (χ1n) is 8.68. The number of carbonyl (C=O) groups is 3. The molecule has 0 spiro atoms. The molecule has 2 amide bonds. The second-order valence-electron chi connectivity index (χ2n) is 6.19. The van der Waals surface area contributed by atoms with Gasteiger partial charge in [0.1, 0.15) is 6.54 Å². The number of ether oxygens (including phenoxy) is 1. The van der Waals surface area contributed by atoms with E-state index in [0.717, 1.165) is 43.8 Å². The van der Waals surface area contributed by atoms with Gasteiger partial charge in [0, 0.05) is 15.9 Å². The summed E-state index contributed by atoms with van der Waals surface area (Å²) in [5.74, 6) is -1.08. The summed E-state index contributed by atoms with van der Waals surface area (Å²) in [5.41, 5.74) is 3.78. The Morgan fingerprint density at radius 3 is 2.64 bits per heavy atom. The molecule has 28 heavy (non-hydrogen) atoms. The summed E-state index contributed by atoms with van der Waals surface area (Å²) >= 11 is 4.40. The molecule has 6 nitrogen and oxygen atoms in total. The number of rotatable bonds is 5. The van der Waals surface area contributed by atoms with Gasteiger partial charge >= 0.3 is 5.97 Å². The molecule has 8 heteroatoms. The number of nitrogens with zero attached hydrogens (tertiary/aromatic N) is 2. The van der Waals surface area contributed by atoms with Crippen LogP contribution in [0.5, 0.6) is 0 Å². The minimum Gasteiger partial charge on any atom is -0.465 e. The normalized spacial score (nSPS) is 15.6. The lowest BCUT2D eigenvalue weighted by atomic mass is 10.2. The lowest BCUT2D eigenvalue weighted by Gasteiger charge is -2.11. The Balaban J connectivity index is 1.92. The highest BCUT2D eigenvalue weighted by Crippen LogP contribution is 2.34. The van der Waals surface area contributed by atoms with E-state index in [9.17, 15) is 14.4 Å². The number of aromatic nitrogens is 1. The number of halogens is 1. The number of aryl methyl sites for hydroxylation is 1. The van der Waals surface area contributed by atoms with Crippen molar-refractivity contribution in [1.29, 1.82) is 0 Å². The molecule has 1 saturated heterocycles. The van der Waals surface area contributed by atoms with Crippen LogP contribution < -0.4 is 0 Å². The van der Waals surface area contributed by atoms with E-state index in [-0.39, 0.29) is 13.2 Å². The molecule has 0 bridgehead atoms.